The third-order valence-corrected chi connectivity index (χ3v) is 6.58. The average molecular weight is 551 g/mol. The quantitative estimate of drug-likeness (QED) is 0.447. The van der Waals surface area contributed by atoms with Gasteiger partial charge in [-0.25, -0.2) is 4.79 Å². The molecule has 8 nitrogen and oxygen atoms in total. The molecular formula is C28H37F3N4O4. The molecule has 3 rings (SSSR count). The highest BCUT2D eigenvalue weighted by Crippen LogP contribution is 2.35. The maximum absolute atomic E-state index is 13.5. The molecule has 3 N–H and O–H groups in total. The number of urea groups is 1. The Labute approximate surface area is 227 Å². The van der Waals surface area contributed by atoms with Crippen LogP contribution in [-0.2, 0) is 12.7 Å². The number of nitrogens with zero attached hydrogens (tertiary/aromatic N) is 2. The summed E-state index contributed by atoms with van der Waals surface area (Å²) < 4.78 is 45.3. The summed E-state index contributed by atoms with van der Waals surface area (Å²) in [5.74, 6) is -0.261. The number of hydrogen-bond acceptors (Lipinski definition) is 5. The third-order valence-electron chi connectivity index (χ3n) is 6.58. The maximum Gasteiger partial charge on any atom is 0.416 e. The van der Waals surface area contributed by atoms with Crippen molar-refractivity contribution < 1.29 is 32.6 Å². The molecule has 0 aromatic heterocycles. The number of ether oxygens (including phenoxy) is 1. The second-order valence-electron chi connectivity index (χ2n) is 10.4. The number of hydrogen-bond donors (Lipinski definition) is 3. The van der Waals surface area contributed by atoms with Crippen LogP contribution in [0.2, 0.25) is 0 Å². The summed E-state index contributed by atoms with van der Waals surface area (Å²) in [5, 5.41) is 15.4. The number of fused-ring (bicyclic) bond motifs is 1. The Morgan fingerprint density at radius 2 is 1.85 bits per heavy atom. The van der Waals surface area contributed by atoms with E-state index in [9.17, 15) is 27.9 Å². The molecule has 1 heterocycles. The summed E-state index contributed by atoms with van der Waals surface area (Å²) in [7, 11) is 1.84. The number of aliphatic hydroxyl groups is 1. The number of halogens is 3. The van der Waals surface area contributed by atoms with Crippen molar-refractivity contribution in [2.75, 3.05) is 32.1 Å². The van der Waals surface area contributed by atoms with E-state index in [1.165, 1.54) is 12.1 Å². The summed E-state index contributed by atoms with van der Waals surface area (Å²) >= 11 is 0. The normalized spacial score (nSPS) is 18.7. The number of aliphatic hydroxyl groups excluding tert-OH is 1. The van der Waals surface area contributed by atoms with Gasteiger partial charge >= 0.3 is 12.2 Å². The van der Waals surface area contributed by atoms with Crippen LogP contribution in [0.15, 0.2) is 42.5 Å². The van der Waals surface area contributed by atoms with Crippen LogP contribution < -0.4 is 15.4 Å². The van der Waals surface area contributed by atoms with Gasteiger partial charge in [0.2, 0.25) is 0 Å². The fourth-order valence-electron chi connectivity index (χ4n) is 4.46. The summed E-state index contributed by atoms with van der Waals surface area (Å²) in [5.41, 5.74) is 0.606. The number of nitrogens with one attached hydrogen (secondary N) is 2. The summed E-state index contributed by atoms with van der Waals surface area (Å²) in [6, 6.07) is 8.97. The van der Waals surface area contributed by atoms with Crippen molar-refractivity contribution in [1.29, 1.82) is 0 Å². The number of rotatable bonds is 8. The van der Waals surface area contributed by atoms with Crippen LogP contribution in [0.25, 0.3) is 0 Å². The summed E-state index contributed by atoms with van der Waals surface area (Å²) in [6.45, 7) is 8.23. The molecule has 2 aromatic carbocycles. The Morgan fingerprint density at radius 3 is 2.44 bits per heavy atom. The SMILES string of the molecule is CC(C)NC(=O)Nc1cccc2c1O[C@H](CN(C)Cc1ccc(C(F)(F)F)cc1)[C@@H](C)CN([C@@H](C)CO)C2=O. The maximum atomic E-state index is 13.5. The molecule has 11 heteroatoms. The number of benzene rings is 2. The van der Waals surface area contributed by atoms with Crippen LogP contribution in [0.5, 0.6) is 5.75 Å². The van der Waals surface area contributed by atoms with E-state index < -0.39 is 29.9 Å². The minimum Gasteiger partial charge on any atom is -0.486 e. The van der Waals surface area contributed by atoms with Crippen LogP contribution in [0.3, 0.4) is 0 Å². The molecule has 0 aliphatic carbocycles. The van der Waals surface area contributed by atoms with Gasteiger partial charge < -0.3 is 25.4 Å². The van der Waals surface area contributed by atoms with Crippen LogP contribution in [0.4, 0.5) is 23.7 Å². The van der Waals surface area contributed by atoms with Gasteiger partial charge in [0.05, 0.1) is 29.5 Å². The largest absolute Gasteiger partial charge is 0.486 e. The van der Waals surface area contributed by atoms with Crippen LogP contribution in [0, 0.1) is 5.92 Å². The first-order valence-corrected chi connectivity index (χ1v) is 12.9. The molecule has 39 heavy (non-hydrogen) atoms. The lowest BCUT2D eigenvalue weighted by molar-refractivity contribution is -0.137. The minimum absolute atomic E-state index is 0.106. The molecule has 214 valence electrons. The van der Waals surface area contributed by atoms with E-state index in [0.717, 1.165) is 12.1 Å². The molecular weight excluding hydrogens is 513 g/mol. The molecule has 3 amide bonds. The standard InChI is InChI=1S/C28H37F3N4O4/c1-17(2)32-27(38)33-23-8-6-7-22-25(23)39-24(18(3)13-35(26(22)37)19(4)16-36)15-34(5)14-20-9-11-21(12-10-20)28(29,30)31/h6-12,17-19,24,36H,13-16H2,1-5H3,(H2,32,33,38)/t18-,19-,24+/m0/s1. The van der Waals surface area contributed by atoms with Gasteiger partial charge in [0.1, 0.15) is 6.10 Å². The average Bonchev–Trinajstić information content (AvgIpc) is 2.85. The van der Waals surface area contributed by atoms with Gasteiger partial charge in [0.25, 0.3) is 5.91 Å². The first-order chi connectivity index (χ1) is 18.3. The van der Waals surface area contributed by atoms with E-state index >= 15 is 0 Å². The van der Waals surface area contributed by atoms with Crippen molar-refractivity contribution in [2.45, 2.75) is 58.6 Å². The Hall–Kier alpha value is -3.31. The highest BCUT2D eigenvalue weighted by molar-refractivity contribution is 6.01. The Kier molecular flexibility index (Phi) is 9.84. The van der Waals surface area contributed by atoms with E-state index in [-0.39, 0.29) is 35.8 Å². The first kappa shape index (κ1) is 30.2. The summed E-state index contributed by atoms with van der Waals surface area (Å²) in [6.07, 6.45) is -4.84. The van der Waals surface area contributed by atoms with E-state index in [0.29, 0.717) is 30.9 Å². The Balaban J connectivity index is 1.90. The van der Waals surface area contributed by atoms with Crippen molar-refractivity contribution in [3.63, 3.8) is 0 Å². The monoisotopic (exact) mass is 550 g/mol. The molecule has 0 saturated carbocycles. The van der Waals surface area contributed by atoms with E-state index in [1.54, 1.807) is 30.0 Å². The molecule has 1 aliphatic rings. The molecule has 0 radical (unpaired) electrons. The fraction of sp³-hybridized carbons (Fsp3) is 0.500. The van der Waals surface area contributed by atoms with Gasteiger partial charge in [0.15, 0.2) is 5.75 Å². The van der Waals surface area contributed by atoms with Crippen molar-refractivity contribution in [3.05, 3.63) is 59.2 Å². The van der Waals surface area contributed by atoms with Gasteiger partial charge in [-0.3, -0.25) is 9.69 Å². The van der Waals surface area contributed by atoms with E-state index in [4.69, 9.17) is 4.74 Å². The topological polar surface area (TPSA) is 94.1 Å². The van der Waals surface area contributed by atoms with Crippen molar-refractivity contribution in [3.8, 4) is 5.75 Å². The molecule has 0 saturated heterocycles. The van der Waals surface area contributed by atoms with Crippen molar-refractivity contribution >= 4 is 17.6 Å². The third kappa shape index (κ3) is 7.86. The molecule has 1 aliphatic heterocycles. The number of likely N-dealkylation sites (N-methyl/N-ethyl adjacent to an activating group) is 1. The van der Waals surface area contributed by atoms with Crippen molar-refractivity contribution in [2.24, 2.45) is 5.92 Å². The molecule has 0 bridgehead atoms. The molecule has 2 aromatic rings. The lowest BCUT2D eigenvalue weighted by Gasteiger charge is -2.38. The lowest BCUT2D eigenvalue weighted by Crippen LogP contribution is -2.49. The highest BCUT2D eigenvalue weighted by Gasteiger charge is 2.35. The van der Waals surface area contributed by atoms with Crippen molar-refractivity contribution in [1.82, 2.24) is 15.1 Å². The number of carbonyl (C=O) groups is 2. The smallest absolute Gasteiger partial charge is 0.416 e. The van der Waals surface area contributed by atoms with Gasteiger partial charge in [-0.15, -0.1) is 0 Å². The van der Waals surface area contributed by atoms with Gasteiger partial charge in [-0.05, 0) is 57.6 Å². The molecule has 0 unspecified atom stereocenters. The zero-order valence-electron chi connectivity index (χ0n) is 22.9. The molecule has 3 atom stereocenters. The number of amides is 3. The molecule has 0 spiro atoms. The lowest BCUT2D eigenvalue weighted by atomic mass is 9.98. The zero-order valence-corrected chi connectivity index (χ0v) is 22.9. The van der Waals surface area contributed by atoms with Gasteiger partial charge in [-0.1, -0.05) is 25.1 Å². The second kappa shape index (κ2) is 12.7. The second-order valence-corrected chi connectivity index (χ2v) is 10.4. The van der Waals surface area contributed by atoms with E-state index in [1.807, 2.05) is 32.7 Å². The fourth-order valence-corrected chi connectivity index (χ4v) is 4.46. The summed E-state index contributed by atoms with van der Waals surface area (Å²) in [4.78, 5) is 29.6. The number of anilines is 1. The Morgan fingerprint density at radius 1 is 1.18 bits per heavy atom. The Bertz CT molecular complexity index is 1140. The predicted molar refractivity (Wildman–Crippen MR) is 143 cm³/mol. The van der Waals surface area contributed by atoms with Crippen LogP contribution in [-0.4, -0.2) is 71.8 Å². The number of para-hydroxylation sites is 1. The number of alkyl halides is 3. The highest BCUT2D eigenvalue weighted by atomic mass is 19.4. The van der Waals surface area contributed by atoms with Gasteiger partial charge in [0, 0.05) is 31.6 Å². The van der Waals surface area contributed by atoms with Gasteiger partial charge in [-0.2, -0.15) is 13.2 Å². The molecule has 0 fully saturated rings. The number of carbonyl (C=O) groups excluding carboxylic acids is 2. The van der Waals surface area contributed by atoms with Crippen LogP contribution >= 0.6 is 0 Å². The first-order valence-electron chi connectivity index (χ1n) is 12.9. The zero-order chi connectivity index (χ0) is 28.9. The minimum atomic E-state index is -4.40. The van der Waals surface area contributed by atoms with Crippen LogP contribution in [0.1, 0.15) is 49.2 Å². The van der Waals surface area contributed by atoms with E-state index in [2.05, 4.69) is 10.6 Å². The predicted octanol–water partition coefficient (Wildman–Crippen LogP) is 4.59.